The van der Waals surface area contributed by atoms with Gasteiger partial charge < -0.3 is 11.1 Å². The van der Waals surface area contributed by atoms with Gasteiger partial charge >= 0.3 is 0 Å². The molecule has 3 aromatic rings. The van der Waals surface area contributed by atoms with Crippen LogP contribution in [0.5, 0.6) is 0 Å². The quantitative estimate of drug-likeness (QED) is 0.718. The number of rotatable bonds is 3. The molecule has 0 aliphatic heterocycles. The van der Waals surface area contributed by atoms with Gasteiger partial charge in [-0.1, -0.05) is 18.2 Å². The van der Waals surface area contributed by atoms with Crippen molar-refractivity contribution >= 4 is 22.1 Å². The molecule has 1 aromatic heterocycles. The van der Waals surface area contributed by atoms with Crippen LogP contribution in [0.25, 0.3) is 10.8 Å². The van der Waals surface area contributed by atoms with Crippen molar-refractivity contribution in [3.63, 3.8) is 0 Å². The zero-order valence-electron chi connectivity index (χ0n) is 11.4. The molecule has 3 rings (SSSR count). The van der Waals surface area contributed by atoms with Gasteiger partial charge in [-0.05, 0) is 29.8 Å². The molecule has 0 saturated carbocycles. The second-order valence-electron chi connectivity index (χ2n) is 4.79. The number of nitriles is 1. The number of benzene rings is 2. The molecule has 0 atom stereocenters. The maximum atomic E-state index is 8.91. The zero-order chi connectivity index (χ0) is 14.7. The second kappa shape index (κ2) is 5.51. The lowest BCUT2D eigenvalue weighted by Crippen LogP contribution is -2.03. The van der Waals surface area contributed by atoms with Crippen molar-refractivity contribution in [2.45, 2.75) is 6.54 Å². The minimum atomic E-state index is 0.621. The molecule has 1 heterocycles. The van der Waals surface area contributed by atoms with E-state index in [9.17, 15) is 0 Å². The van der Waals surface area contributed by atoms with E-state index >= 15 is 0 Å². The molecule has 0 bridgehead atoms. The predicted molar refractivity (Wildman–Crippen MR) is 84.6 cm³/mol. The summed E-state index contributed by atoms with van der Waals surface area (Å²) in [4.78, 5) is 4.09. The summed E-state index contributed by atoms with van der Waals surface area (Å²) in [5, 5.41) is 14.2. The summed E-state index contributed by atoms with van der Waals surface area (Å²) in [5.41, 5.74) is 9.50. The van der Waals surface area contributed by atoms with Gasteiger partial charge in [0.15, 0.2) is 0 Å². The molecule has 102 valence electrons. The van der Waals surface area contributed by atoms with Gasteiger partial charge in [-0.2, -0.15) is 5.26 Å². The maximum Gasteiger partial charge on any atom is 0.0991 e. The monoisotopic (exact) mass is 274 g/mol. The second-order valence-corrected chi connectivity index (χ2v) is 4.79. The van der Waals surface area contributed by atoms with Gasteiger partial charge in [0.25, 0.3) is 0 Å². The van der Waals surface area contributed by atoms with Crippen LogP contribution >= 0.6 is 0 Å². The number of nitrogen functional groups attached to an aromatic ring is 1. The molecule has 0 saturated heterocycles. The van der Waals surface area contributed by atoms with Crippen LogP contribution in [0.2, 0.25) is 0 Å². The number of hydrogen-bond donors (Lipinski definition) is 2. The van der Waals surface area contributed by atoms with Crippen LogP contribution in [-0.2, 0) is 6.54 Å². The van der Waals surface area contributed by atoms with Gasteiger partial charge in [0.2, 0.25) is 0 Å². The van der Waals surface area contributed by atoms with E-state index in [1.54, 1.807) is 18.5 Å². The standard InChI is InChI=1S/C17H14N4/c18-9-12-2-1-3-13(8-12)10-21-16-5-4-14-11-20-7-6-15(14)17(16)19/h1-8,11,21H,10,19H2. The third-order valence-electron chi connectivity index (χ3n) is 3.40. The van der Waals surface area contributed by atoms with Crippen LogP contribution in [0, 0.1) is 11.3 Å². The summed E-state index contributed by atoms with van der Waals surface area (Å²) in [5.74, 6) is 0. The Morgan fingerprint density at radius 2 is 2.10 bits per heavy atom. The largest absolute Gasteiger partial charge is 0.397 e. The minimum absolute atomic E-state index is 0.621. The molecule has 0 unspecified atom stereocenters. The predicted octanol–water partition coefficient (Wildman–Crippen LogP) is 3.30. The van der Waals surface area contributed by atoms with Crippen molar-refractivity contribution in [1.29, 1.82) is 5.26 Å². The smallest absolute Gasteiger partial charge is 0.0991 e. The van der Waals surface area contributed by atoms with Crippen molar-refractivity contribution < 1.29 is 0 Å². The van der Waals surface area contributed by atoms with Crippen LogP contribution in [0.15, 0.2) is 54.9 Å². The number of aromatic nitrogens is 1. The molecule has 0 aliphatic rings. The Bertz CT molecular complexity index is 834. The lowest BCUT2D eigenvalue weighted by molar-refractivity contribution is 1.15. The first-order valence-corrected chi connectivity index (χ1v) is 6.63. The fourth-order valence-corrected chi connectivity index (χ4v) is 2.30. The molecule has 3 N–H and O–H groups in total. The first-order chi connectivity index (χ1) is 10.3. The Kier molecular flexibility index (Phi) is 3.40. The number of fused-ring (bicyclic) bond motifs is 1. The molecule has 2 aromatic carbocycles. The molecule has 0 amide bonds. The molecule has 21 heavy (non-hydrogen) atoms. The highest BCUT2D eigenvalue weighted by Crippen LogP contribution is 2.28. The molecule has 0 spiro atoms. The number of nitrogens with one attached hydrogen (secondary N) is 1. The fraction of sp³-hybridized carbons (Fsp3) is 0.0588. The lowest BCUT2D eigenvalue weighted by atomic mass is 10.1. The molecule has 0 aliphatic carbocycles. The first kappa shape index (κ1) is 12.9. The Hall–Kier alpha value is -3.06. The van der Waals surface area contributed by atoms with E-state index < -0.39 is 0 Å². The van der Waals surface area contributed by atoms with Crippen LogP contribution in [0.3, 0.4) is 0 Å². The highest BCUT2D eigenvalue weighted by Gasteiger charge is 2.04. The molecular formula is C17H14N4. The van der Waals surface area contributed by atoms with E-state index in [0.29, 0.717) is 17.8 Å². The third kappa shape index (κ3) is 2.63. The van der Waals surface area contributed by atoms with Gasteiger partial charge in [0, 0.05) is 29.7 Å². The van der Waals surface area contributed by atoms with E-state index in [-0.39, 0.29) is 0 Å². The van der Waals surface area contributed by atoms with Crippen LogP contribution in [-0.4, -0.2) is 4.98 Å². The summed E-state index contributed by atoms with van der Waals surface area (Å²) >= 11 is 0. The van der Waals surface area contributed by atoms with Gasteiger partial charge in [-0.3, -0.25) is 4.98 Å². The van der Waals surface area contributed by atoms with E-state index in [1.807, 2.05) is 36.4 Å². The Balaban J connectivity index is 1.85. The summed E-state index contributed by atoms with van der Waals surface area (Å²) in [7, 11) is 0. The zero-order valence-corrected chi connectivity index (χ0v) is 11.4. The highest BCUT2D eigenvalue weighted by molar-refractivity contribution is 5.98. The van der Waals surface area contributed by atoms with Crippen LogP contribution in [0.1, 0.15) is 11.1 Å². The maximum absolute atomic E-state index is 8.91. The Labute approximate surface area is 122 Å². The molecular weight excluding hydrogens is 260 g/mol. The average molecular weight is 274 g/mol. The SMILES string of the molecule is N#Cc1cccc(CNc2ccc3cnccc3c2N)c1. The highest BCUT2D eigenvalue weighted by atomic mass is 14.9. The number of nitrogens with two attached hydrogens (primary N) is 1. The Morgan fingerprint density at radius 1 is 1.19 bits per heavy atom. The van der Waals surface area contributed by atoms with Gasteiger partial charge in [-0.25, -0.2) is 0 Å². The minimum Gasteiger partial charge on any atom is -0.397 e. The molecule has 0 radical (unpaired) electrons. The summed E-state index contributed by atoms with van der Waals surface area (Å²) < 4.78 is 0. The van der Waals surface area contributed by atoms with Crippen molar-refractivity contribution in [3.05, 3.63) is 66.0 Å². The van der Waals surface area contributed by atoms with Gasteiger partial charge in [-0.15, -0.1) is 0 Å². The van der Waals surface area contributed by atoms with Crippen molar-refractivity contribution in [3.8, 4) is 6.07 Å². The van der Waals surface area contributed by atoms with Gasteiger partial charge in [0.05, 0.1) is 23.0 Å². The summed E-state index contributed by atoms with van der Waals surface area (Å²) in [6.07, 6.45) is 3.53. The number of hydrogen-bond acceptors (Lipinski definition) is 4. The fourth-order valence-electron chi connectivity index (χ4n) is 2.30. The van der Waals surface area contributed by atoms with E-state index in [1.165, 1.54) is 0 Å². The average Bonchev–Trinajstić information content (AvgIpc) is 2.55. The number of nitrogens with zero attached hydrogens (tertiary/aromatic N) is 2. The summed E-state index contributed by atoms with van der Waals surface area (Å²) in [6.45, 7) is 0.621. The van der Waals surface area contributed by atoms with E-state index in [4.69, 9.17) is 11.0 Å². The number of pyridine rings is 1. The summed E-state index contributed by atoms with van der Waals surface area (Å²) in [6, 6.07) is 15.5. The van der Waals surface area contributed by atoms with Crippen molar-refractivity contribution in [2.75, 3.05) is 11.1 Å². The van der Waals surface area contributed by atoms with Crippen molar-refractivity contribution in [2.24, 2.45) is 0 Å². The van der Waals surface area contributed by atoms with Crippen LogP contribution in [0.4, 0.5) is 11.4 Å². The van der Waals surface area contributed by atoms with Gasteiger partial charge in [0.1, 0.15) is 0 Å². The van der Waals surface area contributed by atoms with E-state index in [2.05, 4.69) is 16.4 Å². The van der Waals surface area contributed by atoms with E-state index in [0.717, 1.165) is 22.0 Å². The van der Waals surface area contributed by atoms with Crippen molar-refractivity contribution in [1.82, 2.24) is 4.98 Å². The molecule has 4 heteroatoms. The third-order valence-corrected chi connectivity index (χ3v) is 3.40. The molecule has 4 nitrogen and oxygen atoms in total. The Morgan fingerprint density at radius 3 is 2.95 bits per heavy atom. The topological polar surface area (TPSA) is 74.7 Å². The normalized spacial score (nSPS) is 10.2. The first-order valence-electron chi connectivity index (χ1n) is 6.63. The molecule has 0 fully saturated rings. The lowest BCUT2D eigenvalue weighted by Gasteiger charge is -2.11. The number of anilines is 2. The van der Waals surface area contributed by atoms with Crippen LogP contribution < -0.4 is 11.1 Å².